The minimum Gasteiger partial charge on any atom is -0.477 e. The van der Waals surface area contributed by atoms with Crippen molar-refractivity contribution in [3.8, 4) is 5.75 Å². The molecular weight excluding hydrogens is 446 g/mol. The summed E-state index contributed by atoms with van der Waals surface area (Å²) in [5.41, 5.74) is 0.252. The van der Waals surface area contributed by atoms with Crippen LogP contribution in [0.15, 0.2) is 47.4 Å². The molecular formula is C20H24ClN3O6S. The molecule has 0 aromatic heterocycles. The van der Waals surface area contributed by atoms with Crippen molar-refractivity contribution >= 4 is 33.2 Å². The third-order valence-corrected chi connectivity index (χ3v) is 6.84. The molecule has 1 N–H and O–H groups in total. The van der Waals surface area contributed by atoms with Crippen LogP contribution in [0.1, 0.15) is 32.4 Å². The van der Waals surface area contributed by atoms with Crippen LogP contribution in [0.4, 0.5) is 5.69 Å². The molecule has 0 heterocycles. The number of nitrogens with zero attached hydrogens (tertiary/aromatic N) is 2. The molecule has 9 nitrogen and oxygen atoms in total. The zero-order chi connectivity index (χ0) is 23.2. The summed E-state index contributed by atoms with van der Waals surface area (Å²) in [6, 6.07) is 9.98. The molecule has 11 heteroatoms. The van der Waals surface area contributed by atoms with Crippen molar-refractivity contribution in [1.29, 1.82) is 0 Å². The number of amides is 1. The monoisotopic (exact) mass is 469 g/mol. The lowest BCUT2D eigenvalue weighted by Crippen LogP contribution is -2.31. The summed E-state index contributed by atoms with van der Waals surface area (Å²) in [5, 5.41) is 14.7. The number of rotatable bonds is 10. The molecule has 0 spiro atoms. The molecule has 0 saturated heterocycles. The molecule has 0 bridgehead atoms. The van der Waals surface area contributed by atoms with Gasteiger partial charge in [-0.05, 0) is 36.8 Å². The van der Waals surface area contributed by atoms with E-state index in [0.29, 0.717) is 5.02 Å². The Balaban J connectivity index is 2.14. The molecule has 2 aromatic rings. The van der Waals surface area contributed by atoms with E-state index in [2.05, 4.69) is 5.32 Å². The Morgan fingerprint density at radius 1 is 1.23 bits per heavy atom. The van der Waals surface area contributed by atoms with E-state index in [-0.39, 0.29) is 29.8 Å². The van der Waals surface area contributed by atoms with Gasteiger partial charge in [-0.25, -0.2) is 8.42 Å². The molecule has 31 heavy (non-hydrogen) atoms. The average Bonchev–Trinajstić information content (AvgIpc) is 2.72. The first-order valence-corrected chi connectivity index (χ1v) is 11.4. The van der Waals surface area contributed by atoms with Gasteiger partial charge in [-0.3, -0.25) is 14.9 Å². The van der Waals surface area contributed by atoms with Crippen molar-refractivity contribution in [3.05, 3.63) is 63.2 Å². The van der Waals surface area contributed by atoms with Crippen molar-refractivity contribution in [2.75, 3.05) is 19.7 Å². The summed E-state index contributed by atoms with van der Waals surface area (Å²) >= 11 is 5.95. The predicted octanol–water partition coefficient (Wildman–Crippen LogP) is 3.53. The van der Waals surface area contributed by atoms with Crippen LogP contribution in [-0.4, -0.2) is 43.2 Å². The predicted molar refractivity (Wildman–Crippen MR) is 117 cm³/mol. The molecule has 0 saturated carbocycles. The Bertz CT molecular complexity index is 1060. The topological polar surface area (TPSA) is 119 Å². The van der Waals surface area contributed by atoms with E-state index < -0.39 is 33.1 Å². The van der Waals surface area contributed by atoms with Gasteiger partial charge in [-0.2, -0.15) is 4.31 Å². The summed E-state index contributed by atoms with van der Waals surface area (Å²) < 4.78 is 31.7. The van der Waals surface area contributed by atoms with Crippen molar-refractivity contribution < 1.29 is 22.9 Å². The number of benzene rings is 2. The lowest BCUT2D eigenvalue weighted by atomic mass is 10.1. The fourth-order valence-electron chi connectivity index (χ4n) is 2.92. The maximum absolute atomic E-state index is 12.6. The van der Waals surface area contributed by atoms with E-state index >= 15 is 0 Å². The lowest BCUT2D eigenvalue weighted by molar-refractivity contribution is -0.386. The second-order valence-electron chi connectivity index (χ2n) is 6.61. The van der Waals surface area contributed by atoms with E-state index in [0.717, 1.165) is 11.6 Å². The van der Waals surface area contributed by atoms with Crippen LogP contribution >= 0.6 is 11.6 Å². The number of nitrogens with one attached hydrogen (secondary N) is 1. The van der Waals surface area contributed by atoms with E-state index in [9.17, 15) is 23.3 Å². The largest absolute Gasteiger partial charge is 0.477 e. The number of ether oxygens (including phenoxy) is 1. The average molecular weight is 470 g/mol. The standard InChI is InChI=1S/C20H24ClN3O6S/c1-4-23(5-2)31(28,29)17-9-10-19(18(12-17)24(26)27)30-13-20(25)22-14(3)15-7-6-8-16(21)11-15/h6-12,14H,4-5,13H2,1-3H3,(H,22,25). The molecule has 0 aliphatic rings. The number of nitro benzene ring substituents is 1. The zero-order valence-electron chi connectivity index (χ0n) is 17.4. The van der Waals surface area contributed by atoms with Crippen LogP contribution in [0.5, 0.6) is 5.75 Å². The van der Waals surface area contributed by atoms with Gasteiger partial charge in [0, 0.05) is 24.2 Å². The number of carbonyl (C=O) groups excluding carboxylic acids is 1. The number of hydrogen-bond donors (Lipinski definition) is 1. The van der Waals surface area contributed by atoms with Gasteiger partial charge in [0.2, 0.25) is 10.0 Å². The molecule has 0 aliphatic carbocycles. The highest BCUT2D eigenvalue weighted by Crippen LogP contribution is 2.31. The Morgan fingerprint density at radius 2 is 1.90 bits per heavy atom. The maximum Gasteiger partial charge on any atom is 0.312 e. The van der Waals surface area contributed by atoms with Gasteiger partial charge in [-0.1, -0.05) is 37.6 Å². The fraction of sp³-hybridized carbons (Fsp3) is 0.350. The summed E-state index contributed by atoms with van der Waals surface area (Å²) in [6.45, 7) is 5.10. The highest BCUT2D eigenvalue weighted by molar-refractivity contribution is 7.89. The molecule has 1 amide bonds. The highest BCUT2D eigenvalue weighted by atomic mass is 35.5. The molecule has 1 unspecified atom stereocenters. The molecule has 1 atom stereocenters. The molecule has 168 valence electrons. The molecule has 2 aromatic carbocycles. The Kier molecular flexibility index (Phi) is 8.37. The summed E-state index contributed by atoms with van der Waals surface area (Å²) in [4.78, 5) is 22.7. The molecule has 0 fully saturated rings. The first kappa shape index (κ1) is 24.6. The zero-order valence-corrected chi connectivity index (χ0v) is 18.9. The lowest BCUT2D eigenvalue weighted by Gasteiger charge is -2.18. The number of sulfonamides is 1. The Morgan fingerprint density at radius 3 is 2.48 bits per heavy atom. The van der Waals surface area contributed by atoms with Crippen LogP contribution in [-0.2, 0) is 14.8 Å². The SMILES string of the molecule is CCN(CC)S(=O)(=O)c1ccc(OCC(=O)NC(C)c2cccc(Cl)c2)c([N+](=O)[O-])c1. The first-order chi connectivity index (χ1) is 14.6. The molecule has 0 radical (unpaired) electrons. The molecule has 2 rings (SSSR count). The van der Waals surface area contributed by atoms with E-state index in [4.69, 9.17) is 16.3 Å². The highest BCUT2D eigenvalue weighted by Gasteiger charge is 2.26. The van der Waals surface area contributed by atoms with Gasteiger partial charge in [-0.15, -0.1) is 0 Å². The Hall–Kier alpha value is -2.69. The second kappa shape index (κ2) is 10.6. The van der Waals surface area contributed by atoms with Crippen molar-refractivity contribution in [2.45, 2.75) is 31.7 Å². The third kappa shape index (κ3) is 6.16. The molecule has 0 aliphatic heterocycles. The van der Waals surface area contributed by atoms with Gasteiger partial charge in [0.25, 0.3) is 5.91 Å². The minimum absolute atomic E-state index is 0.200. The van der Waals surface area contributed by atoms with Gasteiger partial charge in [0.1, 0.15) is 0 Å². The quantitative estimate of drug-likeness (QED) is 0.420. The van der Waals surface area contributed by atoms with E-state index in [1.165, 1.54) is 16.4 Å². The van der Waals surface area contributed by atoms with E-state index in [1.54, 1.807) is 45.0 Å². The van der Waals surface area contributed by atoms with Gasteiger partial charge in [0.05, 0.1) is 15.9 Å². The van der Waals surface area contributed by atoms with E-state index in [1.807, 2.05) is 0 Å². The van der Waals surface area contributed by atoms with Gasteiger partial charge >= 0.3 is 5.69 Å². The minimum atomic E-state index is -3.87. The normalized spacial score (nSPS) is 12.4. The summed E-state index contributed by atoms with van der Waals surface area (Å²) in [6.07, 6.45) is 0. The summed E-state index contributed by atoms with van der Waals surface area (Å²) in [7, 11) is -3.87. The summed E-state index contributed by atoms with van der Waals surface area (Å²) in [5.74, 6) is -0.698. The maximum atomic E-state index is 12.6. The van der Waals surface area contributed by atoms with Crippen LogP contribution in [0.3, 0.4) is 0 Å². The fourth-order valence-corrected chi connectivity index (χ4v) is 4.60. The second-order valence-corrected chi connectivity index (χ2v) is 8.98. The van der Waals surface area contributed by atoms with Gasteiger partial charge in [0.15, 0.2) is 12.4 Å². The first-order valence-electron chi connectivity index (χ1n) is 9.56. The van der Waals surface area contributed by atoms with Gasteiger partial charge < -0.3 is 10.1 Å². The van der Waals surface area contributed by atoms with Crippen molar-refractivity contribution in [1.82, 2.24) is 9.62 Å². The number of halogens is 1. The van der Waals surface area contributed by atoms with Crippen LogP contribution in [0.25, 0.3) is 0 Å². The number of hydrogen-bond acceptors (Lipinski definition) is 6. The van der Waals surface area contributed by atoms with Crippen LogP contribution in [0, 0.1) is 10.1 Å². The van der Waals surface area contributed by atoms with Crippen molar-refractivity contribution in [2.24, 2.45) is 0 Å². The number of nitro groups is 1. The smallest absolute Gasteiger partial charge is 0.312 e. The van der Waals surface area contributed by atoms with Crippen molar-refractivity contribution in [3.63, 3.8) is 0 Å². The van der Waals surface area contributed by atoms with Crippen LogP contribution in [0.2, 0.25) is 5.02 Å². The Labute approximate surface area is 186 Å². The van der Waals surface area contributed by atoms with Crippen LogP contribution < -0.4 is 10.1 Å². The number of carbonyl (C=O) groups is 1. The third-order valence-electron chi connectivity index (χ3n) is 4.56.